The van der Waals surface area contributed by atoms with Crippen molar-refractivity contribution >= 4 is 0 Å². The average Bonchev–Trinajstić information content (AvgIpc) is 3.01. The second-order valence-electron chi connectivity index (χ2n) is 10.2. The Kier molecular flexibility index (Phi) is 10.5. The molecule has 0 radical (unpaired) electrons. The molecule has 1 heterocycles. The maximum absolute atomic E-state index is 6.65. The Morgan fingerprint density at radius 3 is 1.30 bits per heavy atom. The summed E-state index contributed by atoms with van der Waals surface area (Å²) in [5.41, 5.74) is 4.41. The van der Waals surface area contributed by atoms with E-state index in [2.05, 4.69) is 48.5 Å². The fourth-order valence-electron chi connectivity index (χ4n) is 5.02. The van der Waals surface area contributed by atoms with E-state index >= 15 is 0 Å². The number of hydrogen-bond acceptors (Lipinski definition) is 5. The third-order valence-electron chi connectivity index (χ3n) is 7.12. The van der Waals surface area contributed by atoms with Crippen molar-refractivity contribution in [2.45, 2.75) is 63.9 Å². The van der Waals surface area contributed by atoms with Crippen LogP contribution in [-0.4, -0.2) is 37.1 Å². The van der Waals surface area contributed by atoms with Gasteiger partial charge in [0.1, 0.15) is 24.4 Å². The molecule has 5 heteroatoms. The van der Waals surface area contributed by atoms with Gasteiger partial charge < -0.3 is 23.7 Å². The Labute approximate surface area is 237 Å². The monoisotopic (exact) mass is 538 g/mol. The van der Waals surface area contributed by atoms with Gasteiger partial charge in [-0.2, -0.15) is 0 Å². The summed E-state index contributed by atoms with van der Waals surface area (Å²) < 4.78 is 32.5. The minimum atomic E-state index is -0.392. The normalized spacial score (nSPS) is 22.7. The van der Waals surface area contributed by atoms with Crippen LogP contribution < -0.4 is 0 Å². The van der Waals surface area contributed by atoms with Gasteiger partial charge in [0.05, 0.1) is 39.1 Å². The van der Waals surface area contributed by atoms with Crippen LogP contribution in [0.4, 0.5) is 0 Å². The predicted molar refractivity (Wildman–Crippen MR) is 155 cm³/mol. The largest absolute Gasteiger partial charge is 0.374 e. The van der Waals surface area contributed by atoms with Crippen molar-refractivity contribution in [2.75, 3.05) is 6.61 Å². The molecule has 0 bridgehead atoms. The molecular formula is C35H38O5. The Morgan fingerprint density at radius 1 is 0.475 bits per heavy atom. The molecule has 40 heavy (non-hydrogen) atoms. The molecule has 208 valence electrons. The molecule has 5 nitrogen and oxygen atoms in total. The first-order valence-electron chi connectivity index (χ1n) is 14.0. The zero-order valence-corrected chi connectivity index (χ0v) is 23.0. The number of ether oxygens (including phenoxy) is 5. The maximum atomic E-state index is 6.65. The molecule has 0 amide bonds. The molecule has 1 fully saturated rings. The molecule has 4 aromatic rings. The summed E-state index contributed by atoms with van der Waals surface area (Å²) in [5.74, 6) is 0. The summed E-state index contributed by atoms with van der Waals surface area (Å²) >= 11 is 0. The van der Waals surface area contributed by atoms with Crippen molar-refractivity contribution < 1.29 is 23.7 Å². The smallest absolute Gasteiger partial charge is 0.115 e. The third-order valence-corrected chi connectivity index (χ3v) is 7.12. The minimum Gasteiger partial charge on any atom is -0.374 e. The number of hydrogen-bond donors (Lipinski definition) is 0. The van der Waals surface area contributed by atoms with E-state index in [0.29, 0.717) is 33.0 Å². The van der Waals surface area contributed by atoms with Crippen molar-refractivity contribution in [3.63, 3.8) is 0 Å². The Hall–Kier alpha value is -3.32. The summed E-state index contributed by atoms with van der Waals surface area (Å²) in [6.45, 7) is 4.29. The molecule has 0 saturated carbocycles. The van der Waals surface area contributed by atoms with E-state index in [0.717, 1.165) is 22.3 Å². The van der Waals surface area contributed by atoms with Crippen LogP contribution in [0, 0.1) is 0 Å². The molecule has 1 aliphatic heterocycles. The SMILES string of the molecule is C[C@H]1OC(COCc2ccccc2)[C@H](OCc2ccccc2)C(OCc2ccccc2)[C@@H]1OCc1ccccc1. The highest BCUT2D eigenvalue weighted by Crippen LogP contribution is 2.30. The molecule has 0 aliphatic carbocycles. The van der Waals surface area contributed by atoms with Gasteiger partial charge in [-0.05, 0) is 29.2 Å². The van der Waals surface area contributed by atoms with Crippen molar-refractivity contribution in [3.8, 4) is 0 Å². The van der Waals surface area contributed by atoms with Crippen LogP contribution in [-0.2, 0) is 50.1 Å². The lowest BCUT2D eigenvalue weighted by atomic mass is 9.94. The molecule has 1 saturated heterocycles. The number of benzene rings is 4. The van der Waals surface area contributed by atoms with E-state index in [1.165, 1.54) is 0 Å². The zero-order chi connectivity index (χ0) is 27.4. The van der Waals surface area contributed by atoms with E-state index in [-0.39, 0.29) is 24.4 Å². The van der Waals surface area contributed by atoms with Crippen molar-refractivity contribution in [1.82, 2.24) is 0 Å². The lowest BCUT2D eigenvalue weighted by Gasteiger charge is -2.45. The average molecular weight is 539 g/mol. The lowest BCUT2D eigenvalue weighted by molar-refractivity contribution is -0.269. The highest BCUT2D eigenvalue weighted by atomic mass is 16.6. The minimum absolute atomic E-state index is 0.216. The third kappa shape index (κ3) is 8.10. The highest BCUT2D eigenvalue weighted by Gasteiger charge is 2.46. The van der Waals surface area contributed by atoms with Gasteiger partial charge in [0.15, 0.2) is 0 Å². The molecule has 0 spiro atoms. The maximum Gasteiger partial charge on any atom is 0.115 e. The topological polar surface area (TPSA) is 46.2 Å². The summed E-state index contributed by atoms with van der Waals surface area (Å²) in [4.78, 5) is 0. The zero-order valence-electron chi connectivity index (χ0n) is 23.0. The van der Waals surface area contributed by atoms with Gasteiger partial charge in [0.25, 0.3) is 0 Å². The summed E-state index contributed by atoms with van der Waals surface area (Å²) in [7, 11) is 0. The van der Waals surface area contributed by atoms with Gasteiger partial charge in [-0.25, -0.2) is 0 Å². The molecule has 2 unspecified atom stereocenters. The summed E-state index contributed by atoms with van der Waals surface area (Å²) in [6.07, 6.45) is -1.61. The Balaban J connectivity index is 1.36. The first kappa shape index (κ1) is 28.2. The van der Waals surface area contributed by atoms with Crippen LogP contribution in [0.15, 0.2) is 121 Å². The molecule has 0 aromatic heterocycles. The predicted octanol–water partition coefficient (Wildman–Crippen LogP) is 6.75. The van der Waals surface area contributed by atoms with Gasteiger partial charge in [-0.1, -0.05) is 121 Å². The van der Waals surface area contributed by atoms with Crippen LogP contribution in [0.1, 0.15) is 29.2 Å². The van der Waals surface area contributed by atoms with Crippen LogP contribution in [0.2, 0.25) is 0 Å². The van der Waals surface area contributed by atoms with Gasteiger partial charge in [-0.3, -0.25) is 0 Å². The molecule has 5 rings (SSSR count). The first-order chi connectivity index (χ1) is 19.8. The van der Waals surface area contributed by atoms with E-state index < -0.39 is 6.10 Å². The molecule has 4 aromatic carbocycles. The van der Waals surface area contributed by atoms with Crippen molar-refractivity contribution in [3.05, 3.63) is 144 Å². The van der Waals surface area contributed by atoms with Crippen LogP contribution >= 0.6 is 0 Å². The molecular weight excluding hydrogens is 500 g/mol. The van der Waals surface area contributed by atoms with Gasteiger partial charge in [0, 0.05) is 0 Å². The fraction of sp³-hybridized carbons (Fsp3) is 0.314. The summed E-state index contributed by atoms with van der Waals surface area (Å²) in [5, 5.41) is 0. The Bertz CT molecular complexity index is 1240. The van der Waals surface area contributed by atoms with Crippen LogP contribution in [0.5, 0.6) is 0 Å². The van der Waals surface area contributed by atoms with E-state index in [1.54, 1.807) is 0 Å². The molecule has 5 atom stereocenters. The lowest BCUT2D eigenvalue weighted by Crippen LogP contribution is -2.60. The standard InChI is InChI=1S/C35H38O5/c1-27-33(37-23-29-16-8-3-9-17-29)35(39-25-31-20-12-5-13-21-31)34(38-24-30-18-10-4-11-19-30)32(40-27)26-36-22-28-14-6-2-7-15-28/h2-21,27,32-35H,22-26H2,1H3/t27-,32?,33-,34+,35?/m1/s1. The van der Waals surface area contributed by atoms with E-state index in [4.69, 9.17) is 23.7 Å². The molecule has 0 N–H and O–H groups in total. The van der Waals surface area contributed by atoms with Crippen LogP contribution in [0.25, 0.3) is 0 Å². The Morgan fingerprint density at radius 2 is 0.850 bits per heavy atom. The summed E-state index contributed by atoms with van der Waals surface area (Å²) in [6, 6.07) is 40.8. The second-order valence-corrected chi connectivity index (χ2v) is 10.2. The molecule has 1 aliphatic rings. The van der Waals surface area contributed by atoms with E-state index in [1.807, 2.05) is 79.7 Å². The highest BCUT2D eigenvalue weighted by molar-refractivity contribution is 5.16. The quantitative estimate of drug-likeness (QED) is 0.189. The van der Waals surface area contributed by atoms with Crippen LogP contribution in [0.3, 0.4) is 0 Å². The van der Waals surface area contributed by atoms with Crippen molar-refractivity contribution in [1.29, 1.82) is 0 Å². The van der Waals surface area contributed by atoms with Gasteiger partial charge >= 0.3 is 0 Å². The fourth-order valence-corrected chi connectivity index (χ4v) is 5.02. The van der Waals surface area contributed by atoms with Crippen molar-refractivity contribution in [2.24, 2.45) is 0 Å². The number of rotatable bonds is 13. The van der Waals surface area contributed by atoms with E-state index in [9.17, 15) is 0 Å². The van der Waals surface area contributed by atoms with Gasteiger partial charge in [-0.15, -0.1) is 0 Å². The van der Waals surface area contributed by atoms with Gasteiger partial charge in [0.2, 0.25) is 0 Å². The second kappa shape index (κ2) is 14.9. The first-order valence-corrected chi connectivity index (χ1v) is 14.0.